The maximum absolute atomic E-state index is 8.89. The molecule has 0 spiro atoms. The van der Waals surface area contributed by atoms with Crippen LogP contribution in [0.1, 0.15) is 22.5 Å². The molecule has 0 radical (unpaired) electrons. The van der Waals surface area contributed by atoms with Crippen molar-refractivity contribution >= 4 is 0 Å². The third-order valence-electron chi connectivity index (χ3n) is 2.89. The van der Waals surface area contributed by atoms with E-state index in [-0.39, 0.29) is 0 Å². The number of rotatable bonds is 4. The highest BCUT2D eigenvalue weighted by molar-refractivity contribution is 5.32. The molecule has 1 heterocycles. The molecule has 2 aromatic rings. The standard InChI is InChI=1S/C16H17N3/c1-13-5-3-8-16(18-13)12-19(2)11-15-7-4-6-14(9-15)10-17/h3-9H,11-12H2,1-2H3. The molecule has 0 saturated heterocycles. The fraction of sp³-hybridized carbons (Fsp3) is 0.250. The van der Waals surface area contributed by atoms with Gasteiger partial charge in [0.1, 0.15) is 0 Å². The summed E-state index contributed by atoms with van der Waals surface area (Å²) < 4.78 is 0. The van der Waals surface area contributed by atoms with Gasteiger partial charge in [0.15, 0.2) is 0 Å². The number of aryl methyl sites for hydroxylation is 1. The van der Waals surface area contributed by atoms with Gasteiger partial charge in [0.05, 0.1) is 17.3 Å². The van der Waals surface area contributed by atoms with Gasteiger partial charge >= 0.3 is 0 Å². The van der Waals surface area contributed by atoms with Crippen molar-refractivity contribution in [2.45, 2.75) is 20.0 Å². The van der Waals surface area contributed by atoms with E-state index in [0.29, 0.717) is 5.56 Å². The largest absolute Gasteiger partial charge is 0.296 e. The quantitative estimate of drug-likeness (QED) is 0.838. The monoisotopic (exact) mass is 251 g/mol. The Kier molecular flexibility index (Phi) is 4.27. The minimum Gasteiger partial charge on any atom is -0.296 e. The number of hydrogen-bond donors (Lipinski definition) is 0. The van der Waals surface area contributed by atoms with E-state index < -0.39 is 0 Å². The van der Waals surface area contributed by atoms with E-state index in [1.807, 2.05) is 49.4 Å². The Bertz CT molecular complexity index is 599. The zero-order valence-electron chi connectivity index (χ0n) is 11.3. The topological polar surface area (TPSA) is 39.9 Å². The van der Waals surface area contributed by atoms with Gasteiger partial charge in [-0.1, -0.05) is 18.2 Å². The fourth-order valence-electron chi connectivity index (χ4n) is 2.07. The van der Waals surface area contributed by atoms with E-state index in [9.17, 15) is 0 Å². The Morgan fingerprint density at radius 2 is 1.95 bits per heavy atom. The summed E-state index contributed by atoms with van der Waals surface area (Å²) >= 11 is 0. The highest BCUT2D eigenvalue weighted by Gasteiger charge is 2.03. The van der Waals surface area contributed by atoms with Gasteiger partial charge in [0.2, 0.25) is 0 Å². The second-order valence-corrected chi connectivity index (χ2v) is 4.75. The van der Waals surface area contributed by atoms with E-state index in [0.717, 1.165) is 30.0 Å². The lowest BCUT2D eigenvalue weighted by Crippen LogP contribution is -2.18. The van der Waals surface area contributed by atoms with Crippen molar-refractivity contribution < 1.29 is 0 Å². The summed E-state index contributed by atoms with van der Waals surface area (Å²) in [6, 6.07) is 16.0. The Balaban J connectivity index is 2.01. The number of hydrogen-bond acceptors (Lipinski definition) is 3. The molecule has 0 N–H and O–H groups in total. The van der Waals surface area contributed by atoms with E-state index in [4.69, 9.17) is 5.26 Å². The molecule has 96 valence electrons. The zero-order chi connectivity index (χ0) is 13.7. The molecule has 0 fully saturated rings. The highest BCUT2D eigenvalue weighted by atomic mass is 15.1. The normalized spacial score (nSPS) is 10.4. The van der Waals surface area contributed by atoms with Crippen LogP contribution in [0.3, 0.4) is 0 Å². The first-order valence-corrected chi connectivity index (χ1v) is 6.27. The average molecular weight is 251 g/mol. The molecule has 2 rings (SSSR count). The first-order valence-electron chi connectivity index (χ1n) is 6.27. The molecule has 1 aromatic heterocycles. The Morgan fingerprint density at radius 3 is 2.68 bits per heavy atom. The number of aromatic nitrogens is 1. The minimum atomic E-state index is 0.708. The molecular weight excluding hydrogens is 234 g/mol. The molecule has 0 amide bonds. The lowest BCUT2D eigenvalue weighted by atomic mass is 10.1. The Labute approximate surface area is 114 Å². The van der Waals surface area contributed by atoms with Crippen LogP contribution in [-0.4, -0.2) is 16.9 Å². The van der Waals surface area contributed by atoms with Crippen molar-refractivity contribution in [3.63, 3.8) is 0 Å². The van der Waals surface area contributed by atoms with Crippen LogP contribution in [0.25, 0.3) is 0 Å². The van der Waals surface area contributed by atoms with Crippen molar-refractivity contribution in [2.24, 2.45) is 0 Å². The van der Waals surface area contributed by atoms with Crippen molar-refractivity contribution in [1.29, 1.82) is 5.26 Å². The molecule has 0 aliphatic rings. The Hall–Kier alpha value is -2.18. The molecule has 0 bridgehead atoms. The fourth-order valence-corrected chi connectivity index (χ4v) is 2.07. The van der Waals surface area contributed by atoms with Crippen LogP contribution >= 0.6 is 0 Å². The first-order chi connectivity index (χ1) is 9.17. The summed E-state index contributed by atoms with van der Waals surface area (Å²) in [5.74, 6) is 0. The van der Waals surface area contributed by atoms with Crippen LogP contribution in [0, 0.1) is 18.3 Å². The zero-order valence-corrected chi connectivity index (χ0v) is 11.3. The SMILES string of the molecule is Cc1cccc(CN(C)Cc2cccc(C#N)c2)n1. The maximum atomic E-state index is 8.89. The van der Waals surface area contributed by atoms with Crippen LogP contribution in [0.5, 0.6) is 0 Å². The molecule has 0 aliphatic heterocycles. The molecule has 0 saturated carbocycles. The van der Waals surface area contributed by atoms with Crippen molar-refractivity contribution in [2.75, 3.05) is 7.05 Å². The Morgan fingerprint density at radius 1 is 1.16 bits per heavy atom. The van der Waals surface area contributed by atoms with Crippen LogP contribution in [-0.2, 0) is 13.1 Å². The summed E-state index contributed by atoms with van der Waals surface area (Å²) in [5.41, 5.74) is 3.96. The lowest BCUT2D eigenvalue weighted by molar-refractivity contribution is 0.315. The maximum Gasteiger partial charge on any atom is 0.0991 e. The summed E-state index contributed by atoms with van der Waals surface area (Å²) in [6.07, 6.45) is 0. The molecule has 19 heavy (non-hydrogen) atoms. The first kappa shape index (κ1) is 13.3. The summed E-state index contributed by atoms with van der Waals surface area (Å²) in [5, 5.41) is 8.89. The molecule has 0 aliphatic carbocycles. The predicted octanol–water partition coefficient (Wildman–Crippen LogP) is 2.89. The van der Waals surface area contributed by atoms with Gasteiger partial charge in [-0.3, -0.25) is 9.88 Å². The van der Waals surface area contributed by atoms with Gasteiger partial charge in [-0.2, -0.15) is 5.26 Å². The molecule has 3 heteroatoms. The second-order valence-electron chi connectivity index (χ2n) is 4.75. The van der Waals surface area contributed by atoms with Crippen LogP contribution in [0.4, 0.5) is 0 Å². The lowest BCUT2D eigenvalue weighted by Gasteiger charge is -2.16. The van der Waals surface area contributed by atoms with Gasteiger partial charge in [-0.25, -0.2) is 0 Å². The molecular formula is C16H17N3. The number of benzene rings is 1. The number of nitrogens with zero attached hydrogens (tertiary/aromatic N) is 3. The van der Waals surface area contributed by atoms with Crippen LogP contribution in [0.2, 0.25) is 0 Å². The van der Waals surface area contributed by atoms with Crippen LogP contribution < -0.4 is 0 Å². The molecule has 0 unspecified atom stereocenters. The van der Waals surface area contributed by atoms with E-state index >= 15 is 0 Å². The number of nitriles is 1. The van der Waals surface area contributed by atoms with Gasteiger partial charge in [0, 0.05) is 18.8 Å². The summed E-state index contributed by atoms with van der Waals surface area (Å²) in [7, 11) is 2.06. The molecule has 0 atom stereocenters. The van der Waals surface area contributed by atoms with E-state index in [1.165, 1.54) is 0 Å². The van der Waals surface area contributed by atoms with Crippen molar-refractivity contribution in [1.82, 2.24) is 9.88 Å². The van der Waals surface area contributed by atoms with E-state index in [2.05, 4.69) is 23.0 Å². The number of pyridine rings is 1. The smallest absolute Gasteiger partial charge is 0.0991 e. The predicted molar refractivity (Wildman–Crippen MR) is 75.3 cm³/mol. The third-order valence-corrected chi connectivity index (χ3v) is 2.89. The minimum absolute atomic E-state index is 0.708. The summed E-state index contributed by atoms with van der Waals surface area (Å²) in [4.78, 5) is 6.69. The third kappa shape index (κ3) is 3.90. The van der Waals surface area contributed by atoms with Crippen LogP contribution in [0.15, 0.2) is 42.5 Å². The van der Waals surface area contributed by atoms with Gasteiger partial charge in [-0.15, -0.1) is 0 Å². The van der Waals surface area contributed by atoms with Crippen molar-refractivity contribution in [3.05, 3.63) is 65.0 Å². The van der Waals surface area contributed by atoms with Gasteiger partial charge in [0.25, 0.3) is 0 Å². The van der Waals surface area contributed by atoms with Crippen molar-refractivity contribution in [3.8, 4) is 6.07 Å². The average Bonchev–Trinajstić information content (AvgIpc) is 2.38. The molecule has 1 aromatic carbocycles. The highest BCUT2D eigenvalue weighted by Crippen LogP contribution is 2.09. The van der Waals surface area contributed by atoms with Gasteiger partial charge in [-0.05, 0) is 43.8 Å². The second kappa shape index (κ2) is 6.12. The van der Waals surface area contributed by atoms with E-state index in [1.54, 1.807) is 0 Å². The summed E-state index contributed by atoms with van der Waals surface area (Å²) in [6.45, 7) is 3.61. The van der Waals surface area contributed by atoms with Gasteiger partial charge < -0.3 is 0 Å². The molecule has 3 nitrogen and oxygen atoms in total.